The minimum atomic E-state index is 0.555. The Kier molecular flexibility index (Phi) is 4.78. The van der Waals surface area contributed by atoms with Gasteiger partial charge in [0.05, 0.1) is 11.7 Å². The summed E-state index contributed by atoms with van der Waals surface area (Å²) >= 11 is 0. The average molecular weight is 250 g/mol. The van der Waals surface area contributed by atoms with E-state index in [0.717, 1.165) is 39.0 Å². The second-order valence-corrected chi connectivity index (χ2v) is 5.13. The molecule has 0 atom stereocenters. The van der Waals surface area contributed by atoms with Gasteiger partial charge < -0.3 is 5.32 Å². The van der Waals surface area contributed by atoms with Crippen molar-refractivity contribution in [1.29, 1.82) is 0 Å². The first-order valence-corrected chi connectivity index (χ1v) is 7.27. The van der Waals surface area contributed by atoms with Crippen molar-refractivity contribution in [2.24, 2.45) is 0 Å². The number of hydrogen-bond acceptors (Lipinski definition) is 3. The maximum atomic E-state index is 4.74. The Morgan fingerprint density at radius 2 is 2.11 bits per heavy atom. The van der Waals surface area contributed by atoms with Crippen LogP contribution >= 0.6 is 0 Å². The first kappa shape index (κ1) is 13.6. The average Bonchev–Trinajstić information content (AvgIpc) is 2.76. The van der Waals surface area contributed by atoms with Crippen LogP contribution < -0.4 is 5.32 Å². The minimum absolute atomic E-state index is 0.555. The summed E-state index contributed by atoms with van der Waals surface area (Å²) in [6, 6.07) is 3.43. The van der Waals surface area contributed by atoms with Gasteiger partial charge in [-0.05, 0) is 25.5 Å². The van der Waals surface area contributed by atoms with Gasteiger partial charge in [-0.25, -0.2) is 0 Å². The first-order valence-electron chi connectivity index (χ1n) is 7.27. The lowest BCUT2D eigenvalue weighted by atomic mass is 10.1. The number of hydrogen-bond donors (Lipinski definition) is 1. The molecular formula is C14H26N4. The summed E-state index contributed by atoms with van der Waals surface area (Å²) in [5, 5.41) is 8.07. The number of rotatable bonds is 7. The molecular weight excluding hydrogens is 224 g/mol. The molecule has 4 nitrogen and oxygen atoms in total. The Morgan fingerprint density at radius 1 is 1.39 bits per heavy atom. The van der Waals surface area contributed by atoms with Crippen molar-refractivity contribution < 1.29 is 0 Å². The number of nitrogens with one attached hydrogen (secondary N) is 1. The van der Waals surface area contributed by atoms with Crippen LogP contribution in [0.5, 0.6) is 0 Å². The van der Waals surface area contributed by atoms with E-state index in [2.05, 4.69) is 47.9 Å². The number of nitrogens with zero attached hydrogens (tertiary/aromatic N) is 3. The van der Waals surface area contributed by atoms with Gasteiger partial charge in [0.25, 0.3) is 0 Å². The molecule has 0 spiro atoms. The molecule has 0 amide bonds. The lowest BCUT2D eigenvalue weighted by Gasteiger charge is -2.37. The van der Waals surface area contributed by atoms with Crippen LogP contribution in [-0.4, -0.2) is 40.4 Å². The molecule has 1 saturated heterocycles. The molecule has 2 heterocycles. The van der Waals surface area contributed by atoms with E-state index in [0.29, 0.717) is 12.1 Å². The molecule has 1 aliphatic heterocycles. The van der Waals surface area contributed by atoms with E-state index in [1.165, 1.54) is 5.69 Å². The van der Waals surface area contributed by atoms with Crippen molar-refractivity contribution in [2.75, 3.05) is 19.6 Å². The molecule has 0 bridgehead atoms. The molecule has 1 aliphatic rings. The van der Waals surface area contributed by atoms with E-state index < -0.39 is 0 Å². The lowest BCUT2D eigenvalue weighted by Crippen LogP contribution is -2.56. The highest BCUT2D eigenvalue weighted by molar-refractivity contribution is 5.01. The third-order valence-electron chi connectivity index (χ3n) is 4.03. The van der Waals surface area contributed by atoms with Gasteiger partial charge in [0.15, 0.2) is 0 Å². The Labute approximate surface area is 110 Å². The van der Waals surface area contributed by atoms with Gasteiger partial charge in [0.1, 0.15) is 0 Å². The highest BCUT2D eigenvalue weighted by Crippen LogP contribution is 2.16. The molecule has 1 aromatic rings. The molecule has 0 aromatic carbocycles. The molecule has 0 aliphatic carbocycles. The molecule has 1 aromatic heterocycles. The van der Waals surface area contributed by atoms with Crippen LogP contribution in [0.2, 0.25) is 0 Å². The summed E-state index contributed by atoms with van der Waals surface area (Å²) in [5.74, 6) is 0. The summed E-state index contributed by atoms with van der Waals surface area (Å²) in [5.41, 5.74) is 1.20. The van der Waals surface area contributed by atoms with Crippen molar-refractivity contribution >= 4 is 0 Å². The van der Waals surface area contributed by atoms with Crippen molar-refractivity contribution in [3.63, 3.8) is 0 Å². The molecule has 2 rings (SSSR count). The smallest absolute Gasteiger partial charge is 0.0765 e. The van der Waals surface area contributed by atoms with Gasteiger partial charge in [0, 0.05) is 31.9 Å². The fraction of sp³-hybridized carbons (Fsp3) is 0.786. The molecule has 1 fully saturated rings. The molecule has 102 valence electrons. The summed E-state index contributed by atoms with van der Waals surface area (Å²) in [4.78, 5) is 2.51. The van der Waals surface area contributed by atoms with Crippen LogP contribution in [0, 0.1) is 0 Å². The molecule has 18 heavy (non-hydrogen) atoms. The monoisotopic (exact) mass is 250 g/mol. The predicted molar refractivity (Wildman–Crippen MR) is 74.6 cm³/mol. The van der Waals surface area contributed by atoms with Crippen LogP contribution in [0.25, 0.3) is 0 Å². The van der Waals surface area contributed by atoms with Crippen molar-refractivity contribution in [3.05, 3.63) is 18.0 Å². The quantitative estimate of drug-likeness (QED) is 0.804. The van der Waals surface area contributed by atoms with E-state index in [4.69, 9.17) is 5.10 Å². The van der Waals surface area contributed by atoms with E-state index >= 15 is 0 Å². The maximum absolute atomic E-state index is 4.74. The fourth-order valence-corrected chi connectivity index (χ4v) is 2.57. The van der Waals surface area contributed by atoms with E-state index in [1.54, 1.807) is 0 Å². The van der Waals surface area contributed by atoms with Gasteiger partial charge in [0.2, 0.25) is 0 Å². The molecule has 0 saturated carbocycles. The van der Waals surface area contributed by atoms with Gasteiger partial charge in [-0.1, -0.05) is 20.8 Å². The van der Waals surface area contributed by atoms with Crippen LogP contribution in [-0.2, 0) is 6.54 Å². The largest absolute Gasteiger partial charge is 0.314 e. The molecule has 0 unspecified atom stereocenters. The Hall–Kier alpha value is -0.870. The van der Waals surface area contributed by atoms with Crippen LogP contribution in [0.15, 0.2) is 12.3 Å². The Bertz CT molecular complexity index is 352. The second-order valence-electron chi connectivity index (χ2n) is 5.13. The topological polar surface area (TPSA) is 33.1 Å². The summed E-state index contributed by atoms with van der Waals surface area (Å²) in [6.07, 6.45) is 4.45. The van der Waals surface area contributed by atoms with Crippen molar-refractivity contribution in [2.45, 2.75) is 52.2 Å². The number of likely N-dealkylation sites (N-methyl/N-ethyl adjacent to an activating group) is 1. The van der Waals surface area contributed by atoms with Crippen LogP contribution in [0.4, 0.5) is 0 Å². The third-order valence-corrected chi connectivity index (χ3v) is 4.03. The van der Waals surface area contributed by atoms with Crippen LogP contribution in [0.1, 0.15) is 45.3 Å². The first-order chi connectivity index (χ1) is 8.78. The normalized spacial score (nSPS) is 16.5. The van der Waals surface area contributed by atoms with Gasteiger partial charge in [-0.2, -0.15) is 5.10 Å². The molecule has 0 radical (unpaired) electrons. The summed E-state index contributed by atoms with van der Waals surface area (Å²) < 4.78 is 2.14. The summed E-state index contributed by atoms with van der Waals surface area (Å²) in [7, 11) is 0. The highest BCUT2D eigenvalue weighted by atomic mass is 15.3. The fourth-order valence-electron chi connectivity index (χ4n) is 2.57. The van der Waals surface area contributed by atoms with E-state index in [9.17, 15) is 0 Å². The zero-order chi connectivity index (χ0) is 13.0. The van der Waals surface area contributed by atoms with Crippen molar-refractivity contribution in [1.82, 2.24) is 20.0 Å². The zero-order valence-corrected chi connectivity index (χ0v) is 11.9. The Morgan fingerprint density at radius 3 is 2.61 bits per heavy atom. The second kappa shape index (κ2) is 6.34. The van der Waals surface area contributed by atoms with Gasteiger partial charge in [-0.3, -0.25) is 9.58 Å². The Balaban J connectivity index is 1.96. The van der Waals surface area contributed by atoms with Crippen molar-refractivity contribution in [3.8, 4) is 0 Å². The van der Waals surface area contributed by atoms with E-state index in [1.807, 2.05) is 0 Å². The predicted octanol–water partition coefficient (Wildman–Crippen LogP) is 2.04. The van der Waals surface area contributed by atoms with Gasteiger partial charge in [-0.15, -0.1) is 0 Å². The SMILES string of the molecule is CCC(CC)n1ccc(CN(CC)C2CNC2)n1. The third kappa shape index (κ3) is 2.93. The van der Waals surface area contributed by atoms with Crippen LogP contribution in [0.3, 0.4) is 0 Å². The van der Waals surface area contributed by atoms with E-state index in [-0.39, 0.29) is 0 Å². The highest BCUT2D eigenvalue weighted by Gasteiger charge is 2.23. The standard InChI is InChI=1S/C14H26N4/c1-4-13(5-2)18-8-7-12(16-18)11-17(6-3)14-9-15-10-14/h7-8,13-15H,4-6,9-11H2,1-3H3. The molecule has 1 N–H and O–H groups in total. The van der Waals surface area contributed by atoms with Gasteiger partial charge >= 0.3 is 0 Å². The molecule has 4 heteroatoms. The minimum Gasteiger partial charge on any atom is -0.314 e. The lowest BCUT2D eigenvalue weighted by molar-refractivity contribution is 0.143. The summed E-state index contributed by atoms with van der Waals surface area (Å²) in [6.45, 7) is 11.0. The zero-order valence-electron chi connectivity index (χ0n) is 11.9. The maximum Gasteiger partial charge on any atom is 0.0765 e. The number of aromatic nitrogens is 2.